The number of aliphatic imine (C=N–C) groups is 1. The average molecular weight is 367 g/mol. The fourth-order valence-corrected chi connectivity index (χ4v) is 5.05. The molecule has 2 aromatic carbocycles. The zero-order chi connectivity index (χ0) is 17.0. The summed E-state index contributed by atoms with van der Waals surface area (Å²) in [5.41, 5.74) is 5.73. The number of nitrogens with zero attached hydrogens (tertiary/aromatic N) is 2. The van der Waals surface area contributed by atoms with Crippen LogP contribution in [0, 0.1) is 0 Å². The fourth-order valence-electron chi connectivity index (χ4n) is 3.92. The van der Waals surface area contributed by atoms with Crippen molar-refractivity contribution in [2.75, 3.05) is 5.75 Å². The fraction of sp³-hybridized carbons (Fsp3) is 0.200. The van der Waals surface area contributed by atoms with Crippen molar-refractivity contribution in [1.82, 2.24) is 4.90 Å². The molecule has 1 aliphatic carbocycles. The molecule has 2 aliphatic heterocycles. The summed E-state index contributed by atoms with van der Waals surface area (Å²) in [6.45, 7) is 0. The summed E-state index contributed by atoms with van der Waals surface area (Å²) < 4.78 is 0. The number of carbonyl (C=O) groups excluding carboxylic acids is 1. The van der Waals surface area contributed by atoms with Crippen molar-refractivity contribution < 1.29 is 4.79 Å². The minimum Gasteiger partial charge on any atom is -0.279 e. The number of rotatable bonds is 1. The predicted molar refractivity (Wildman–Crippen MR) is 103 cm³/mol. The SMILES string of the molecule is O=C1CSC2=NC3=C(CCc4ccccc43)[C@@H](c3ccccc3Cl)N12. The molecule has 0 aromatic heterocycles. The van der Waals surface area contributed by atoms with E-state index in [4.69, 9.17) is 16.6 Å². The Balaban J connectivity index is 1.76. The van der Waals surface area contributed by atoms with E-state index in [9.17, 15) is 4.79 Å². The van der Waals surface area contributed by atoms with Gasteiger partial charge in [-0.25, -0.2) is 4.99 Å². The van der Waals surface area contributed by atoms with E-state index in [-0.39, 0.29) is 11.9 Å². The van der Waals surface area contributed by atoms with Crippen LogP contribution in [0.15, 0.2) is 59.1 Å². The molecule has 0 bridgehead atoms. The second-order valence-corrected chi connectivity index (χ2v) is 7.75. The molecule has 2 aromatic rings. The van der Waals surface area contributed by atoms with E-state index in [2.05, 4.69) is 24.3 Å². The lowest BCUT2D eigenvalue weighted by Crippen LogP contribution is -2.38. The minimum absolute atomic E-state index is 0.110. The highest BCUT2D eigenvalue weighted by atomic mass is 35.5. The standard InChI is InChI=1S/C20H15ClN2OS/c21-16-8-4-3-7-14(16)19-15-10-9-12-5-1-2-6-13(12)18(15)22-20-23(19)17(24)11-25-20/h1-8,19H,9-11H2/t19-/m1/s1. The molecule has 1 amide bonds. The molecular weight excluding hydrogens is 352 g/mol. The highest BCUT2D eigenvalue weighted by Crippen LogP contribution is 2.48. The number of amidine groups is 1. The van der Waals surface area contributed by atoms with Crippen LogP contribution in [0.3, 0.4) is 0 Å². The molecule has 1 saturated heterocycles. The monoisotopic (exact) mass is 366 g/mol. The van der Waals surface area contributed by atoms with Crippen LogP contribution in [0.4, 0.5) is 0 Å². The molecule has 25 heavy (non-hydrogen) atoms. The molecule has 1 fully saturated rings. The molecule has 0 N–H and O–H groups in total. The number of halogens is 1. The van der Waals surface area contributed by atoms with Crippen LogP contribution >= 0.6 is 23.4 Å². The lowest BCUT2D eigenvalue weighted by atomic mass is 9.82. The lowest BCUT2D eigenvalue weighted by Gasteiger charge is -2.37. The molecule has 0 radical (unpaired) electrons. The van der Waals surface area contributed by atoms with Gasteiger partial charge in [0.1, 0.15) is 0 Å². The summed E-state index contributed by atoms with van der Waals surface area (Å²) in [4.78, 5) is 19.3. The molecule has 124 valence electrons. The minimum atomic E-state index is -0.146. The van der Waals surface area contributed by atoms with Gasteiger partial charge in [0.05, 0.1) is 17.5 Å². The van der Waals surface area contributed by atoms with E-state index in [1.807, 2.05) is 29.2 Å². The van der Waals surface area contributed by atoms with Crippen LogP contribution in [0.5, 0.6) is 0 Å². The second kappa shape index (κ2) is 5.75. The summed E-state index contributed by atoms with van der Waals surface area (Å²) in [5.74, 6) is 0.557. The van der Waals surface area contributed by atoms with Crippen molar-refractivity contribution >= 4 is 40.1 Å². The summed E-state index contributed by atoms with van der Waals surface area (Å²) in [6.07, 6.45) is 1.86. The van der Waals surface area contributed by atoms with Gasteiger partial charge in [-0.3, -0.25) is 9.69 Å². The average Bonchev–Trinajstić information content (AvgIpc) is 3.01. The van der Waals surface area contributed by atoms with Gasteiger partial charge in [-0.15, -0.1) is 0 Å². The Morgan fingerprint density at radius 1 is 1.08 bits per heavy atom. The maximum Gasteiger partial charge on any atom is 0.239 e. The zero-order valence-corrected chi connectivity index (χ0v) is 15.0. The van der Waals surface area contributed by atoms with Gasteiger partial charge < -0.3 is 0 Å². The van der Waals surface area contributed by atoms with Gasteiger partial charge in [0.15, 0.2) is 5.17 Å². The van der Waals surface area contributed by atoms with Crippen LogP contribution < -0.4 is 0 Å². The highest BCUT2D eigenvalue weighted by Gasteiger charge is 2.42. The third-order valence-electron chi connectivity index (χ3n) is 5.04. The maximum absolute atomic E-state index is 12.6. The number of aryl methyl sites for hydroxylation is 1. The van der Waals surface area contributed by atoms with Crippen LogP contribution in [-0.4, -0.2) is 21.7 Å². The molecule has 3 nitrogen and oxygen atoms in total. The zero-order valence-electron chi connectivity index (χ0n) is 13.4. The van der Waals surface area contributed by atoms with Crippen molar-refractivity contribution in [1.29, 1.82) is 0 Å². The van der Waals surface area contributed by atoms with Gasteiger partial charge in [-0.1, -0.05) is 65.8 Å². The molecule has 0 saturated carbocycles. The van der Waals surface area contributed by atoms with Gasteiger partial charge in [-0.2, -0.15) is 0 Å². The molecule has 3 aliphatic rings. The Bertz CT molecular complexity index is 966. The molecule has 0 spiro atoms. The Kier molecular flexibility index (Phi) is 3.50. The van der Waals surface area contributed by atoms with Gasteiger partial charge >= 0.3 is 0 Å². The van der Waals surface area contributed by atoms with Gasteiger partial charge in [-0.05, 0) is 35.6 Å². The quantitative estimate of drug-likeness (QED) is 0.733. The van der Waals surface area contributed by atoms with E-state index >= 15 is 0 Å². The largest absolute Gasteiger partial charge is 0.279 e. The first-order valence-corrected chi connectivity index (χ1v) is 9.69. The first-order chi connectivity index (χ1) is 12.2. The molecule has 2 heterocycles. The van der Waals surface area contributed by atoms with Crippen molar-refractivity contribution in [3.05, 3.63) is 75.8 Å². The Morgan fingerprint density at radius 2 is 1.88 bits per heavy atom. The molecular formula is C20H15ClN2OS. The third kappa shape index (κ3) is 2.28. The summed E-state index contributed by atoms with van der Waals surface area (Å²) in [6, 6.07) is 16.1. The molecule has 0 unspecified atom stereocenters. The Labute approximate surface area is 155 Å². The van der Waals surface area contributed by atoms with Gasteiger partial charge in [0.25, 0.3) is 0 Å². The van der Waals surface area contributed by atoms with Crippen LogP contribution in [-0.2, 0) is 11.2 Å². The van der Waals surface area contributed by atoms with E-state index in [1.165, 1.54) is 28.5 Å². The summed E-state index contributed by atoms with van der Waals surface area (Å²) in [7, 11) is 0. The first kappa shape index (κ1) is 15.2. The van der Waals surface area contributed by atoms with Crippen molar-refractivity contribution in [2.45, 2.75) is 18.9 Å². The molecule has 1 atom stereocenters. The van der Waals surface area contributed by atoms with Crippen molar-refractivity contribution in [3.8, 4) is 0 Å². The number of benzene rings is 2. The topological polar surface area (TPSA) is 32.7 Å². The van der Waals surface area contributed by atoms with Crippen molar-refractivity contribution in [2.24, 2.45) is 4.99 Å². The highest BCUT2D eigenvalue weighted by molar-refractivity contribution is 8.15. The lowest BCUT2D eigenvalue weighted by molar-refractivity contribution is -0.125. The van der Waals surface area contributed by atoms with Gasteiger partial charge in [0, 0.05) is 10.6 Å². The van der Waals surface area contributed by atoms with Crippen LogP contribution in [0.2, 0.25) is 5.02 Å². The molecule has 5 rings (SSSR count). The molecule has 5 heteroatoms. The normalized spacial score (nSPS) is 21.6. The Morgan fingerprint density at radius 3 is 2.76 bits per heavy atom. The number of thioether (sulfide) groups is 1. The first-order valence-electron chi connectivity index (χ1n) is 8.33. The maximum atomic E-state index is 12.6. The number of carbonyl (C=O) groups is 1. The predicted octanol–water partition coefficient (Wildman–Crippen LogP) is 4.68. The summed E-state index contributed by atoms with van der Waals surface area (Å²) >= 11 is 8.04. The Hall–Kier alpha value is -2.04. The van der Waals surface area contributed by atoms with Crippen molar-refractivity contribution in [3.63, 3.8) is 0 Å². The van der Waals surface area contributed by atoms with Crippen LogP contribution in [0.25, 0.3) is 5.70 Å². The van der Waals surface area contributed by atoms with Crippen LogP contribution in [0.1, 0.15) is 29.2 Å². The van der Waals surface area contributed by atoms with E-state index in [0.29, 0.717) is 10.8 Å². The van der Waals surface area contributed by atoms with E-state index < -0.39 is 0 Å². The smallest absolute Gasteiger partial charge is 0.239 e. The number of hydrogen-bond donors (Lipinski definition) is 0. The van der Waals surface area contributed by atoms with Gasteiger partial charge in [0.2, 0.25) is 5.91 Å². The second-order valence-electron chi connectivity index (χ2n) is 6.40. The van der Waals surface area contributed by atoms with E-state index in [1.54, 1.807) is 0 Å². The number of hydrogen-bond acceptors (Lipinski definition) is 3. The third-order valence-corrected chi connectivity index (χ3v) is 6.32. The van der Waals surface area contributed by atoms with E-state index in [0.717, 1.165) is 29.3 Å². The number of amides is 1. The number of fused-ring (bicyclic) bond motifs is 3. The summed E-state index contributed by atoms with van der Waals surface area (Å²) in [5, 5.41) is 1.49.